The van der Waals surface area contributed by atoms with E-state index in [1.54, 1.807) is 12.1 Å². The molecule has 0 aliphatic carbocycles. The maximum atomic E-state index is 14.3. The number of carbonyl (C=O) groups is 1. The van der Waals surface area contributed by atoms with Gasteiger partial charge in [0.25, 0.3) is 0 Å². The summed E-state index contributed by atoms with van der Waals surface area (Å²) in [7, 11) is 0. The van der Waals surface area contributed by atoms with Crippen LogP contribution in [0.25, 0.3) is 11.4 Å². The van der Waals surface area contributed by atoms with Crippen LogP contribution in [0, 0.1) is 12.7 Å². The Hall–Kier alpha value is -4.00. The molecule has 2 heterocycles. The summed E-state index contributed by atoms with van der Waals surface area (Å²) in [5.74, 6) is 0.681. The van der Waals surface area contributed by atoms with Crippen LogP contribution in [0.3, 0.4) is 0 Å². The van der Waals surface area contributed by atoms with E-state index >= 15 is 0 Å². The zero-order valence-electron chi connectivity index (χ0n) is 18.1. The molecule has 3 aromatic carbocycles. The molecular formula is C26H22FN3O3. The summed E-state index contributed by atoms with van der Waals surface area (Å²) in [6.07, 6.45) is 0.196. The lowest BCUT2D eigenvalue weighted by Crippen LogP contribution is -2.25. The molecule has 0 bridgehead atoms. The zero-order valence-corrected chi connectivity index (χ0v) is 18.1. The highest BCUT2D eigenvalue weighted by atomic mass is 19.1. The van der Waals surface area contributed by atoms with Crippen LogP contribution in [0.5, 0.6) is 5.75 Å². The fraction of sp³-hybridized carbons (Fsp3) is 0.192. The predicted octanol–water partition coefficient (Wildman–Crippen LogP) is 5.28. The molecule has 1 amide bonds. The third-order valence-corrected chi connectivity index (χ3v) is 5.67. The lowest BCUT2D eigenvalue weighted by molar-refractivity contribution is -0.117. The van der Waals surface area contributed by atoms with Gasteiger partial charge in [-0.25, -0.2) is 4.39 Å². The maximum Gasteiger partial charge on any atom is 0.232 e. The first kappa shape index (κ1) is 20.9. The molecule has 4 aromatic rings. The number of hydrogen-bond donors (Lipinski definition) is 0. The predicted molar refractivity (Wildman–Crippen MR) is 121 cm³/mol. The van der Waals surface area contributed by atoms with Gasteiger partial charge in [-0.15, -0.1) is 0 Å². The van der Waals surface area contributed by atoms with Gasteiger partial charge >= 0.3 is 0 Å². The molecule has 1 aliphatic rings. The minimum Gasteiger partial charge on any atom is -0.489 e. The van der Waals surface area contributed by atoms with Crippen molar-refractivity contribution in [2.75, 3.05) is 11.4 Å². The Kier molecular flexibility index (Phi) is 5.60. The van der Waals surface area contributed by atoms with Crippen molar-refractivity contribution in [2.24, 2.45) is 0 Å². The van der Waals surface area contributed by atoms with Crippen molar-refractivity contribution in [1.82, 2.24) is 10.1 Å². The lowest BCUT2D eigenvalue weighted by atomic mass is 10.1. The third-order valence-electron chi connectivity index (χ3n) is 5.67. The minimum atomic E-state index is -0.421. The molecule has 1 atom stereocenters. The number of anilines is 1. The van der Waals surface area contributed by atoms with E-state index in [2.05, 4.69) is 10.1 Å². The van der Waals surface area contributed by atoms with Crippen LogP contribution in [-0.2, 0) is 11.4 Å². The Balaban J connectivity index is 1.26. The molecule has 1 aromatic heterocycles. The van der Waals surface area contributed by atoms with Crippen molar-refractivity contribution in [3.05, 3.63) is 95.6 Å². The van der Waals surface area contributed by atoms with Crippen molar-refractivity contribution in [1.29, 1.82) is 0 Å². The summed E-state index contributed by atoms with van der Waals surface area (Å²) in [6.45, 7) is 2.65. The molecule has 1 saturated heterocycles. The number of aromatic nitrogens is 2. The van der Waals surface area contributed by atoms with E-state index in [-0.39, 0.29) is 23.9 Å². The molecule has 0 spiro atoms. The molecule has 0 radical (unpaired) electrons. The molecule has 6 nitrogen and oxygen atoms in total. The summed E-state index contributed by atoms with van der Waals surface area (Å²) in [6, 6.07) is 22.1. The molecule has 1 unspecified atom stereocenters. The molecule has 1 aliphatic heterocycles. The Morgan fingerprint density at radius 2 is 1.88 bits per heavy atom. The summed E-state index contributed by atoms with van der Waals surface area (Å²) in [5, 5.41) is 4.08. The summed E-state index contributed by atoms with van der Waals surface area (Å²) < 4.78 is 25.6. The van der Waals surface area contributed by atoms with Gasteiger partial charge in [0.2, 0.25) is 17.6 Å². The van der Waals surface area contributed by atoms with Gasteiger partial charge in [0, 0.05) is 18.5 Å². The van der Waals surface area contributed by atoms with E-state index in [1.807, 2.05) is 61.5 Å². The summed E-state index contributed by atoms with van der Waals surface area (Å²) in [5.41, 5.74) is 3.05. The molecule has 0 N–H and O–H groups in total. The Labute approximate surface area is 190 Å². The van der Waals surface area contributed by atoms with Gasteiger partial charge in [0.1, 0.15) is 18.2 Å². The van der Waals surface area contributed by atoms with E-state index in [0.717, 1.165) is 22.4 Å². The standard InChI is InChI=1S/C26H22FN3O3/c1-17-7-12-22(27)23(13-17)30-15-20(14-24(30)31)26-28-25(29-33-26)19-8-10-21(11-9-19)32-16-18-5-3-2-4-6-18/h2-13,20H,14-16H2,1H3. The number of carbonyl (C=O) groups excluding carboxylic acids is 1. The van der Waals surface area contributed by atoms with Gasteiger partial charge in [-0.2, -0.15) is 4.98 Å². The first-order valence-corrected chi connectivity index (χ1v) is 10.7. The van der Waals surface area contributed by atoms with Gasteiger partial charge in [-0.05, 0) is 54.4 Å². The highest BCUT2D eigenvalue weighted by Gasteiger charge is 2.36. The molecule has 166 valence electrons. The average molecular weight is 443 g/mol. The van der Waals surface area contributed by atoms with E-state index < -0.39 is 5.82 Å². The number of hydrogen-bond acceptors (Lipinski definition) is 5. The van der Waals surface area contributed by atoms with Crippen molar-refractivity contribution in [3.8, 4) is 17.1 Å². The second-order valence-corrected chi connectivity index (χ2v) is 8.12. The van der Waals surface area contributed by atoms with Crippen molar-refractivity contribution >= 4 is 11.6 Å². The highest BCUT2D eigenvalue weighted by Crippen LogP contribution is 2.33. The van der Waals surface area contributed by atoms with Crippen LogP contribution >= 0.6 is 0 Å². The largest absolute Gasteiger partial charge is 0.489 e. The second-order valence-electron chi connectivity index (χ2n) is 8.12. The number of nitrogens with zero attached hydrogens (tertiary/aromatic N) is 3. The van der Waals surface area contributed by atoms with Gasteiger partial charge in [0.05, 0.1) is 11.6 Å². The van der Waals surface area contributed by atoms with E-state index in [0.29, 0.717) is 24.9 Å². The molecular weight excluding hydrogens is 421 g/mol. The monoisotopic (exact) mass is 443 g/mol. The quantitative estimate of drug-likeness (QED) is 0.405. The first-order valence-electron chi connectivity index (χ1n) is 10.7. The van der Waals surface area contributed by atoms with Crippen LogP contribution in [0.4, 0.5) is 10.1 Å². The number of amides is 1. The van der Waals surface area contributed by atoms with E-state index in [9.17, 15) is 9.18 Å². The SMILES string of the molecule is Cc1ccc(F)c(N2CC(c3nc(-c4ccc(OCc5ccccc5)cc4)no3)CC2=O)c1. The van der Waals surface area contributed by atoms with Crippen LogP contribution in [0.15, 0.2) is 77.3 Å². The Morgan fingerprint density at radius 1 is 1.09 bits per heavy atom. The smallest absolute Gasteiger partial charge is 0.232 e. The van der Waals surface area contributed by atoms with Crippen LogP contribution in [0.1, 0.15) is 29.4 Å². The van der Waals surface area contributed by atoms with Crippen LogP contribution in [-0.4, -0.2) is 22.6 Å². The normalized spacial score (nSPS) is 15.8. The number of benzene rings is 3. The van der Waals surface area contributed by atoms with Gasteiger partial charge in [0.15, 0.2) is 0 Å². The number of ether oxygens (including phenoxy) is 1. The van der Waals surface area contributed by atoms with E-state index in [1.165, 1.54) is 11.0 Å². The zero-order chi connectivity index (χ0) is 22.8. The molecule has 5 rings (SSSR count). The van der Waals surface area contributed by atoms with Crippen molar-refractivity contribution in [2.45, 2.75) is 25.9 Å². The average Bonchev–Trinajstić information content (AvgIpc) is 3.47. The highest BCUT2D eigenvalue weighted by molar-refractivity contribution is 5.96. The molecule has 33 heavy (non-hydrogen) atoms. The molecule has 1 fully saturated rings. The van der Waals surface area contributed by atoms with Gasteiger partial charge < -0.3 is 14.2 Å². The summed E-state index contributed by atoms with van der Waals surface area (Å²) >= 11 is 0. The van der Waals surface area contributed by atoms with Crippen LogP contribution < -0.4 is 9.64 Å². The maximum absolute atomic E-state index is 14.3. The van der Waals surface area contributed by atoms with Crippen molar-refractivity contribution in [3.63, 3.8) is 0 Å². The Morgan fingerprint density at radius 3 is 2.67 bits per heavy atom. The number of rotatable bonds is 6. The number of aryl methyl sites for hydroxylation is 1. The Bertz CT molecular complexity index is 1270. The third kappa shape index (κ3) is 4.48. The lowest BCUT2D eigenvalue weighted by Gasteiger charge is -2.17. The minimum absolute atomic E-state index is 0.163. The van der Waals surface area contributed by atoms with Crippen LogP contribution in [0.2, 0.25) is 0 Å². The van der Waals surface area contributed by atoms with E-state index in [4.69, 9.17) is 9.26 Å². The number of halogens is 1. The fourth-order valence-electron chi connectivity index (χ4n) is 3.89. The topological polar surface area (TPSA) is 68.5 Å². The molecule has 7 heteroatoms. The first-order chi connectivity index (χ1) is 16.1. The second kappa shape index (κ2) is 8.86. The summed E-state index contributed by atoms with van der Waals surface area (Å²) in [4.78, 5) is 18.5. The van der Waals surface area contributed by atoms with Crippen molar-refractivity contribution < 1.29 is 18.4 Å². The van der Waals surface area contributed by atoms with Gasteiger partial charge in [-0.1, -0.05) is 41.6 Å². The van der Waals surface area contributed by atoms with Gasteiger partial charge in [-0.3, -0.25) is 4.79 Å². The fourth-order valence-corrected chi connectivity index (χ4v) is 3.89. The molecule has 0 saturated carbocycles.